The lowest BCUT2D eigenvalue weighted by Crippen LogP contribution is -2.45. The van der Waals surface area contributed by atoms with Crippen molar-refractivity contribution in [2.75, 3.05) is 6.61 Å². The number of ketones is 2. The van der Waals surface area contributed by atoms with E-state index in [0.717, 1.165) is 66.7 Å². The zero-order valence-corrected chi connectivity index (χ0v) is 59.2. The van der Waals surface area contributed by atoms with Gasteiger partial charge >= 0.3 is 43.0 Å². The average Bonchev–Trinajstić information content (AvgIpc) is 1.63. The lowest BCUT2D eigenvalue weighted by Gasteiger charge is -2.37. The molecule has 0 bridgehead atoms. The van der Waals surface area contributed by atoms with Gasteiger partial charge in [0, 0.05) is 47.8 Å². The first-order chi connectivity index (χ1) is 47.8. The minimum Gasteiger partial charge on any atom is -0.478 e. The summed E-state index contributed by atoms with van der Waals surface area (Å²) in [7, 11) is -9.28. The average molecular weight is 1650 g/mol. The number of nitrogens with two attached hydrogens (primary N) is 1. The van der Waals surface area contributed by atoms with E-state index in [9.17, 15) is 124 Å². The van der Waals surface area contributed by atoms with Crippen molar-refractivity contribution in [3.05, 3.63) is 176 Å². The molecule has 2 fully saturated rings. The van der Waals surface area contributed by atoms with Gasteiger partial charge in [-0.05, 0) is 183 Å². The normalized spacial score (nSPS) is 18.3. The number of carbonyl (C=O) groups excluding carboxylic acids is 4. The van der Waals surface area contributed by atoms with E-state index in [4.69, 9.17) is 15.9 Å². The van der Waals surface area contributed by atoms with Gasteiger partial charge in [0.1, 0.15) is 22.8 Å². The molecule has 580 valence electrons. The molecule has 1 aliphatic heterocycles. The number of benzene rings is 2. The molecule has 2 saturated carbocycles. The number of alkyl halides is 21. The van der Waals surface area contributed by atoms with Crippen LogP contribution in [0.3, 0.4) is 0 Å². The second-order valence-electron chi connectivity index (χ2n) is 22.7. The van der Waals surface area contributed by atoms with Crippen molar-refractivity contribution in [3.8, 4) is 0 Å². The molecule has 2 aliphatic carbocycles. The molecule has 0 radical (unpaired) electrons. The number of halogens is 22. The van der Waals surface area contributed by atoms with E-state index in [0.29, 0.717) is 30.3 Å². The summed E-state index contributed by atoms with van der Waals surface area (Å²) in [4.78, 5) is 67.4. The van der Waals surface area contributed by atoms with Crippen LogP contribution in [0.4, 0.5) is 87.8 Å². The number of aliphatic hydroxyl groups excluding tert-OH is 1. The molecular weight excluding hydrogens is 1590 g/mol. The van der Waals surface area contributed by atoms with Gasteiger partial charge in [0.2, 0.25) is 34.9 Å². The van der Waals surface area contributed by atoms with E-state index < -0.39 is 141 Å². The summed E-state index contributed by atoms with van der Waals surface area (Å²) in [5.74, 6) is -2.47. The van der Waals surface area contributed by atoms with E-state index >= 15 is 4.39 Å². The Morgan fingerprint density at radius 3 is 1.22 bits per heavy atom. The summed E-state index contributed by atoms with van der Waals surface area (Å²) in [6.45, 7) is 8.17. The lowest BCUT2D eigenvalue weighted by molar-refractivity contribution is -0.142. The Balaban J connectivity index is 0.000000350. The highest BCUT2D eigenvalue weighted by Crippen LogP contribution is 2.45. The highest BCUT2D eigenvalue weighted by molar-refractivity contribution is 9.08. The molecule has 1 amide bonds. The third-order valence-electron chi connectivity index (χ3n) is 15.0. The molecule has 9 rings (SSSR count). The Morgan fingerprint density at radius 2 is 0.886 bits per heavy atom. The summed E-state index contributed by atoms with van der Waals surface area (Å²) in [6, 6.07) is 12.3. The van der Waals surface area contributed by atoms with E-state index in [1.807, 2.05) is 0 Å². The van der Waals surface area contributed by atoms with Crippen LogP contribution in [0.15, 0.2) is 107 Å². The van der Waals surface area contributed by atoms with Gasteiger partial charge in [0.25, 0.3) is 5.91 Å². The number of aryl methyl sites for hydroxylation is 2. The van der Waals surface area contributed by atoms with E-state index in [1.165, 1.54) is 39.5 Å². The number of nitrogens with zero attached hydrogens (tertiary/aromatic N) is 5. The number of carbonyl (C=O) groups is 5. The highest BCUT2D eigenvalue weighted by atomic mass is 79.9. The second kappa shape index (κ2) is 36.2. The first-order valence-electron chi connectivity index (χ1n) is 29.9. The smallest absolute Gasteiger partial charge is 0.433 e. The Labute approximate surface area is 599 Å². The topological polar surface area (TPSA) is 275 Å². The van der Waals surface area contributed by atoms with Crippen LogP contribution in [0.5, 0.6) is 0 Å². The number of carboxylic acid groups (broad SMARTS) is 1. The van der Waals surface area contributed by atoms with Crippen molar-refractivity contribution < 1.29 is 139 Å². The van der Waals surface area contributed by atoms with Crippen LogP contribution in [0.2, 0.25) is 0 Å². The van der Waals surface area contributed by atoms with Crippen molar-refractivity contribution >= 4 is 75.9 Å². The molecule has 3 aliphatic rings. The fraction of sp³-hybridized carbons (Fsp3) is 0.422. The number of Topliss-reactive ketones (excluding diaryl/α,β-unsaturated/α-hetero) is 2. The molecule has 4 aromatic heterocycles. The van der Waals surface area contributed by atoms with Crippen LogP contribution in [0.1, 0.15) is 177 Å². The van der Waals surface area contributed by atoms with Crippen LogP contribution in [-0.4, -0.2) is 109 Å². The van der Waals surface area contributed by atoms with Crippen molar-refractivity contribution in [1.82, 2.24) is 24.8 Å². The fourth-order valence-corrected chi connectivity index (χ4v) is 13.7. The minimum absolute atomic E-state index is 0.0123. The fourth-order valence-electron chi connectivity index (χ4n) is 9.83. The van der Waals surface area contributed by atoms with Crippen molar-refractivity contribution in [2.45, 2.75) is 174 Å². The number of hydrogen-bond donors (Lipinski definition) is 3. The number of aromatic carboxylic acids is 1. The van der Waals surface area contributed by atoms with Crippen molar-refractivity contribution in [3.63, 3.8) is 0 Å². The summed E-state index contributed by atoms with van der Waals surface area (Å²) < 4.78 is 306. The van der Waals surface area contributed by atoms with Gasteiger partial charge in [-0.25, -0.2) is 50.3 Å². The maximum Gasteiger partial charge on any atom is 0.433 e. The summed E-state index contributed by atoms with van der Waals surface area (Å²) >= 11 is 7.63. The number of sulfone groups is 2. The summed E-state index contributed by atoms with van der Waals surface area (Å²) in [5.41, 5.74) is -0.737. The van der Waals surface area contributed by atoms with Crippen molar-refractivity contribution in [1.29, 1.82) is 0 Å². The van der Waals surface area contributed by atoms with Crippen LogP contribution in [-0.2, 0) is 73.4 Å². The monoisotopic (exact) mass is 1650 g/mol. The first kappa shape index (κ1) is 91.4. The van der Waals surface area contributed by atoms with E-state index in [-0.39, 0.29) is 125 Å². The summed E-state index contributed by atoms with van der Waals surface area (Å²) in [5, 5.41) is 10.5. The number of aliphatic hydroxyl groups is 1. The molecule has 17 nitrogen and oxygen atoms in total. The standard InChI is InChI=1S/C21H17F7N2O3S.C13H15F4NO2S.C9H7BrF3NO.C9H8F3NO.C8H6F3NO2.C2H3ClO.C2H6O/c22-19(34(32,33)14-3-1-2-12(10-14)20(23,24)25)8-6-13(7-9-19)30-11-16-15(18(30)31)4-5-17(29-16)21(26,27)28;14-12(6-4-10(18)5-7-12)21(19,20)11-3-1-2-9(8-11)13(15,16)17;1-5(15)6-2-3-8(9(11,12)13)14-7(6)4-10;1-5-7(6(2)14)3-4-8(13-5)9(10,11)12;1-4-5(7(13)14)2-3-6(12-4)8(9,10)11;1-2(3)4;1-2-3/h1-5,10,13H,6-9,11H2;1-3,8,10H,4-7,18H2;2-3H,4H2,1H3;3-4H,1-2H3;2-3H,1H3,(H,13,14);1H3;3H,2H2,1H3. The Morgan fingerprint density at radius 1 is 0.552 bits per heavy atom. The largest absolute Gasteiger partial charge is 0.478 e. The first-order valence-corrected chi connectivity index (χ1v) is 34.4. The van der Waals surface area contributed by atoms with Gasteiger partial charge in [-0.3, -0.25) is 19.2 Å². The maximum absolute atomic E-state index is 15.6. The van der Waals surface area contributed by atoms with Crippen LogP contribution < -0.4 is 5.73 Å². The van der Waals surface area contributed by atoms with Gasteiger partial charge in [0.05, 0.1) is 55.7 Å². The van der Waals surface area contributed by atoms with E-state index in [1.54, 1.807) is 6.92 Å². The van der Waals surface area contributed by atoms with Gasteiger partial charge in [-0.1, -0.05) is 28.1 Å². The number of amides is 1. The quantitative estimate of drug-likeness (QED) is 0.0525. The molecule has 6 aromatic rings. The highest BCUT2D eigenvalue weighted by Gasteiger charge is 2.51. The molecule has 2 aromatic carbocycles. The molecule has 41 heteroatoms. The van der Waals surface area contributed by atoms with Crippen molar-refractivity contribution in [2.24, 2.45) is 5.73 Å². The molecule has 105 heavy (non-hydrogen) atoms. The number of aromatic nitrogens is 4. The van der Waals surface area contributed by atoms with Crippen LogP contribution in [0, 0.1) is 13.8 Å². The third kappa shape index (κ3) is 25.1. The molecule has 4 N–H and O–H groups in total. The zero-order chi connectivity index (χ0) is 80.8. The third-order valence-corrected chi connectivity index (χ3v) is 20.1. The second-order valence-corrected chi connectivity index (χ2v) is 28.2. The number of hydrogen-bond acceptors (Lipinski definition) is 15. The molecular formula is C64H62BrClF20N6O11S2. The minimum atomic E-state index is -4.81. The van der Waals surface area contributed by atoms with Gasteiger partial charge in [-0.2, -0.15) is 79.0 Å². The number of pyridine rings is 4. The molecule has 0 unspecified atom stereocenters. The van der Waals surface area contributed by atoms with Gasteiger partial charge < -0.3 is 20.8 Å². The Kier molecular flexibility index (Phi) is 31.5. The molecule has 0 atom stereocenters. The number of fused-ring (bicyclic) bond motifs is 1. The predicted molar refractivity (Wildman–Crippen MR) is 339 cm³/mol. The lowest BCUT2D eigenvalue weighted by atomic mass is 9.92. The Hall–Kier alpha value is -7.82. The van der Waals surface area contributed by atoms with Crippen LogP contribution in [0.25, 0.3) is 0 Å². The van der Waals surface area contributed by atoms with Crippen LogP contribution >= 0.6 is 27.5 Å². The predicted octanol–water partition coefficient (Wildman–Crippen LogP) is 16.9. The maximum atomic E-state index is 15.6. The Bertz CT molecular complexity index is 4220. The number of carboxylic acids is 1. The SMILES string of the molecule is CC(=O)Cl.CC(=O)c1ccc(C(F)(F)F)nc1C.CC(=O)c1ccc(C(F)(F)F)nc1CBr.CCO.Cc1nc(C(F)(F)F)ccc1C(=O)O.NC1CCC(F)(S(=O)(=O)c2cccc(C(F)(F)F)c2)CC1.O=C1c2ccc(C(F)(F)F)nc2CN1C1CCC(F)(S(=O)(=O)c2cccc(C(F)(F)F)c2)CC1. The number of rotatable bonds is 9. The zero-order valence-electron chi connectivity index (χ0n) is 55.2. The molecule has 5 heterocycles. The summed E-state index contributed by atoms with van der Waals surface area (Å²) in [6.07, 6.45) is -29.3. The van der Waals surface area contributed by atoms with Gasteiger partial charge in [-0.15, -0.1) is 0 Å². The molecule has 0 spiro atoms. The molecule has 0 saturated heterocycles. The van der Waals surface area contributed by atoms with E-state index in [2.05, 4.69) is 47.5 Å². The van der Waals surface area contributed by atoms with Gasteiger partial charge in [0.15, 0.2) is 11.6 Å².